The first kappa shape index (κ1) is 13.1. The summed E-state index contributed by atoms with van der Waals surface area (Å²) in [5.74, 6) is 0.0444. The summed E-state index contributed by atoms with van der Waals surface area (Å²) in [7, 11) is 0. The standard InChI is InChI=1S/C14H17BrN2O/c1-3-6-17(11-4-5-11)14(18)12-7-10(15)8-13(16)9(12)2/h3,7-8,11H,1,4-6,16H2,2H3. The first-order valence-corrected chi connectivity index (χ1v) is 6.81. The Kier molecular flexibility index (Phi) is 3.76. The van der Waals surface area contributed by atoms with Crippen LogP contribution in [0.3, 0.4) is 0 Å². The first-order valence-electron chi connectivity index (χ1n) is 6.02. The van der Waals surface area contributed by atoms with Gasteiger partial charge in [0.1, 0.15) is 0 Å². The predicted octanol–water partition coefficient (Wildman–Crippen LogP) is 3.13. The van der Waals surface area contributed by atoms with E-state index < -0.39 is 0 Å². The van der Waals surface area contributed by atoms with Gasteiger partial charge in [-0.25, -0.2) is 0 Å². The molecular weight excluding hydrogens is 292 g/mol. The van der Waals surface area contributed by atoms with Crippen molar-refractivity contribution in [3.05, 3.63) is 40.4 Å². The second-order valence-electron chi connectivity index (χ2n) is 4.64. The summed E-state index contributed by atoms with van der Waals surface area (Å²) < 4.78 is 0.836. The number of anilines is 1. The molecule has 1 amide bonds. The minimum atomic E-state index is 0.0444. The fourth-order valence-corrected chi connectivity index (χ4v) is 2.48. The number of nitrogens with zero attached hydrogens (tertiary/aromatic N) is 1. The molecule has 2 rings (SSSR count). The Bertz CT molecular complexity index is 495. The van der Waals surface area contributed by atoms with Gasteiger partial charge in [-0.05, 0) is 37.5 Å². The maximum atomic E-state index is 12.5. The minimum absolute atomic E-state index is 0.0444. The Morgan fingerprint density at radius 3 is 2.83 bits per heavy atom. The topological polar surface area (TPSA) is 46.3 Å². The van der Waals surface area contributed by atoms with Crippen molar-refractivity contribution in [1.82, 2.24) is 4.90 Å². The molecular formula is C14H17BrN2O. The van der Waals surface area contributed by atoms with Gasteiger partial charge < -0.3 is 10.6 Å². The molecule has 1 aromatic carbocycles. The van der Waals surface area contributed by atoms with Crippen molar-refractivity contribution < 1.29 is 4.79 Å². The largest absolute Gasteiger partial charge is 0.398 e. The number of nitrogen functional groups attached to an aromatic ring is 1. The molecule has 1 aromatic rings. The van der Waals surface area contributed by atoms with E-state index in [0.29, 0.717) is 23.8 Å². The fourth-order valence-electron chi connectivity index (χ4n) is 2.00. The van der Waals surface area contributed by atoms with E-state index in [1.54, 1.807) is 6.08 Å². The van der Waals surface area contributed by atoms with Crippen molar-refractivity contribution in [3.8, 4) is 0 Å². The van der Waals surface area contributed by atoms with Crippen molar-refractivity contribution in [1.29, 1.82) is 0 Å². The third kappa shape index (κ3) is 2.58. The average Bonchev–Trinajstić information content (AvgIpc) is 3.14. The van der Waals surface area contributed by atoms with Gasteiger partial charge in [-0.3, -0.25) is 4.79 Å². The lowest BCUT2D eigenvalue weighted by Crippen LogP contribution is -2.33. The number of benzene rings is 1. The Hall–Kier alpha value is -1.29. The molecule has 3 nitrogen and oxygen atoms in total. The number of nitrogens with two attached hydrogens (primary N) is 1. The van der Waals surface area contributed by atoms with Crippen LogP contribution in [0.5, 0.6) is 0 Å². The van der Waals surface area contributed by atoms with Gasteiger partial charge >= 0.3 is 0 Å². The summed E-state index contributed by atoms with van der Waals surface area (Å²) in [4.78, 5) is 14.4. The van der Waals surface area contributed by atoms with E-state index in [0.717, 1.165) is 22.9 Å². The highest BCUT2D eigenvalue weighted by molar-refractivity contribution is 9.10. The maximum Gasteiger partial charge on any atom is 0.254 e. The van der Waals surface area contributed by atoms with E-state index in [1.807, 2.05) is 24.0 Å². The SMILES string of the molecule is C=CCN(C(=O)c1cc(Br)cc(N)c1C)C1CC1. The third-order valence-electron chi connectivity index (χ3n) is 3.22. The number of rotatable bonds is 4. The quantitative estimate of drug-likeness (QED) is 0.686. The van der Waals surface area contributed by atoms with Crippen LogP contribution in [0.2, 0.25) is 0 Å². The van der Waals surface area contributed by atoms with Gasteiger partial charge in [0.15, 0.2) is 0 Å². The van der Waals surface area contributed by atoms with Gasteiger partial charge in [0.2, 0.25) is 0 Å². The fraction of sp³-hybridized carbons (Fsp3) is 0.357. The molecule has 18 heavy (non-hydrogen) atoms. The summed E-state index contributed by atoms with van der Waals surface area (Å²) in [5, 5.41) is 0. The molecule has 1 aliphatic carbocycles. The zero-order valence-corrected chi connectivity index (χ0v) is 12.0. The van der Waals surface area contributed by atoms with E-state index in [2.05, 4.69) is 22.5 Å². The summed E-state index contributed by atoms with van der Waals surface area (Å²) in [6.07, 6.45) is 3.94. The molecule has 0 aliphatic heterocycles. The lowest BCUT2D eigenvalue weighted by molar-refractivity contribution is 0.0762. The van der Waals surface area contributed by atoms with Crippen molar-refractivity contribution in [3.63, 3.8) is 0 Å². The number of hydrogen-bond acceptors (Lipinski definition) is 2. The lowest BCUT2D eigenvalue weighted by atomic mass is 10.1. The van der Waals surface area contributed by atoms with Crippen LogP contribution in [0.4, 0.5) is 5.69 Å². The summed E-state index contributed by atoms with van der Waals surface area (Å²) >= 11 is 3.39. The van der Waals surface area contributed by atoms with E-state index in [1.165, 1.54) is 0 Å². The minimum Gasteiger partial charge on any atom is -0.398 e. The number of amides is 1. The highest BCUT2D eigenvalue weighted by Crippen LogP contribution is 2.30. The van der Waals surface area contributed by atoms with Gasteiger partial charge in [-0.15, -0.1) is 6.58 Å². The Balaban J connectivity index is 2.34. The van der Waals surface area contributed by atoms with Crippen LogP contribution in [-0.4, -0.2) is 23.4 Å². The Morgan fingerprint density at radius 1 is 1.61 bits per heavy atom. The molecule has 96 valence electrons. The average molecular weight is 309 g/mol. The predicted molar refractivity (Wildman–Crippen MR) is 77.5 cm³/mol. The third-order valence-corrected chi connectivity index (χ3v) is 3.68. The van der Waals surface area contributed by atoms with Gasteiger partial charge in [0, 0.05) is 28.3 Å². The highest BCUT2D eigenvalue weighted by atomic mass is 79.9. The van der Waals surface area contributed by atoms with Crippen LogP contribution in [0.25, 0.3) is 0 Å². The molecule has 1 saturated carbocycles. The van der Waals surface area contributed by atoms with Crippen LogP contribution >= 0.6 is 15.9 Å². The molecule has 0 radical (unpaired) electrons. The zero-order valence-electron chi connectivity index (χ0n) is 10.4. The number of halogens is 1. The lowest BCUT2D eigenvalue weighted by Gasteiger charge is -2.22. The number of carbonyl (C=O) groups is 1. The Labute approximate surface area is 116 Å². The van der Waals surface area contributed by atoms with E-state index in [4.69, 9.17) is 5.73 Å². The van der Waals surface area contributed by atoms with E-state index in [-0.39, 0.29) is 5.91 Å². The molecule has 0 heterocycles. The van der Waals surface area contributed by atoms with Crippen molar-refractivity contribution in [2.45, 2.75) is 25.8 Å². The van der Waals surface area contributed by atoms with E-state index >= 15 is 0 Å². The molecule has 0 unspecified atom stereocenters. The summed E-state index contributed by atoms with van der Waals surface area (Å²) in [6, 6.07) is 4.03. The van der Waals surface area contributed by atoms with Crippen molar-refractivity contribution in [2.24, 2.45) is 0 Å². The summed E-state index contributed by atoms with van der Waals surface area (Å²) in [5.41, 5.74) is 8.07. The molecule has 0 bridgehead atoms. The van der Waals surface area contributed by atoms with Crippen LogP contribution in [-0.2, 0) is 0 Å². The van der Waals surface area contributed by atoms with Crippen LogP contribution in [0.15, 0.2) is 29.3 Å². The van der Waals surface area contributed by atoms with Gasteiger partial charge in [-0.2, -0.15) is 0 Å². The van der Waals surface area contributed by atoms with Crippen molar-refractivity contribution >= 4 is 27.5 Å². The zero-order chi connectivity index (χ0) is 13.3. The molecule has 2 N–H and O–H groups in total. The second kappa shape index (κ2) is 5.14. The molecule has 4 heteroatoms. The molecule has 0 atom stereocenters. The van der Waals surface area contributed by atoms with E-state index in [9.17, 15) is 4.79 Å². The second-order valence-corrected chi connectivity index (χ2v) is 5.56. The van der Waals surface area contributed by atoms with Crippen LogP contribution in [0.1, 0.15) is 28.8 Å². The smallest absolute Gasteiger partial charge is 0.254 e. The molecule has 1 fully saturated rings. The highest BCUT2D eigenvalue weighted by Gasteiger charge is 2.32. The monoisotopic (exact) mass is 308 g/mol. The van der Waals surface area contributed by atoms with Crippen LogP contribution < -0.4 is 5.73 Å². The van der Waals surface area contributed by atoms with Crippen molar-refractivity contribution in [2.75, 3.05) is 12.3 Å². The first-order chi connectivity index (χ1) is 8.54. The molecule has 1 aliphatic rings. The molecule has 0 spiro atoms. The maximum absolute atomic E-state index is 12.5. The number of carbonyl (C=O) groups excluding carboxylic acids is 1. The van der Waals surface area contributed by atoms with Gasteiger partial charge in [-0.1, -0.05) is 22.0 Å². The number of hydrogen-bond donors (Lipinski definition) is 1. The normalized spacial score (nSPS) is 14.3. The van der Waals surface area contributed by atoms with Gasteiger partial charge in [0.05, 0.1) is 0 Å². The summed E-state index contributed by atoms with van der Waals surface area (Å²) in [6.45, 7) is 6.19. The Morgan fingerprint density at radius 2 is 2.28 bits per heavy atom. The van der Waals surface area contributed by atoms with Crippen LogP contribution in [0, 0.1) is 6.92 Å². The molecule has 0 aromatic heterocycles. The van der Waals surface area contributed by atoms with Gasteiger partial charge in [0.25, 0.3) is 5.91 Å². The molecule has 0 saturated heterocycles.